The molecular formula is C92H91Cl4F3N28O17S3. The number of fused-ring (bicyclic) bond motifs is 4. The molecule has 9 aromatic rings. The van der Waals surface area contributed by atoms with Crippen molar-refractivity contribution in [3.05, 3.63) is 225 Å². The van der Waals surface area contributed by atoms with E-state index in [1.807, 2.05) is 32.8 Å². The zero-order valence-corrected chi connectivity index (χ0v) is 83.2. The van der Waals surface area contributed by atoms with E-state index >= 15 is 8.78 Å². The zero-order chi connectivity index (χ0) is 105. The number of anilines is 3. The summed E-state index contributed by atoms with van der Waals surface area (Å²) in [7, 11) is 3.85. The predicted octanol–water partition coefficient (Wildman–Crippen LogP) is 8.43. The summed E-state index contributed by atoms with van der Waals surface area (Å²) in [5.41, 5.74) is 21.4. The second kappa shape index (κ2) is 47.8. The molecule has 13 amide bonds. The molecule has 0 bridgehead atoms. The lowest BCUT2D eigenvalue weighted by molar-refractivity contribution is -0.225. The van der Waals surface area contributed by atoms with Crippen LogP contribution in [0.1, 0.15) is 50.2 Å². The summed E-state index contributed by atoms with van der Waals surface area (Å²) < 4.78 is 59.6. The Morgan fingerprint density at radius 2 is 0.871 bits per heavy atom. The molecule has 1 saturated carbocycles. The highest BCUT2D eigenvalue weighted by Gasteiger charge is 2.58. The topological polar surface area (TPSA) is 604 Å². The molecule has 6 unspecified atom stereocenters. The Morgan fingerprint density at radius 3 is 1.20 bits per heavy atom. The van der Waals surface area contributed by atoms with Crippen molar-refractivity contribution in [1.82, 2.24) is 82.6 Å². The van der Waals surface area contributed by atoms with E-state index in [9.17, 15) is 61.9 Å². The van der Waals surface area contributed by atoms with Gasteiger partial charge in [-0.2, -0.15) is 15.3 Å². The van der Waals surface area contributed by atoms with Gasteiger partial charge in [0.25, 0.3) is 17.7 Å². The fraction of sp³-hybridized carbons (Fsp3) is 0.293. The van der Waals surface area contributed by atoms with Crippen LogP contribution in [0.2, 0.25) is 15.1 Å². The summed E-state index contributed by atoms with van der Waals surface area (Å²) in [5, 5.41) is 64.6. The summed E-state index contributed by atoms with van der Waals surface area (Å²) in [5.74, 6) is -7.66. The van der Waals surface area contributed by atoms with E-state index in [-0.39, 0.29) is 117 Å². The van der Waals surface area contributed by atoms with Crippen LogP contribution in [0.25, 0.3) is 33.4 Å². The number of carboxylic acids is 1. The number of hydroxylamine groups is 2. The van der Waals surface area contributed by atoms with Gasteiger partial charge in [-0.25, -0.2) is 47.3 Å². The fourth-order valence-corrected chi connectivity index (χ4v) is 20.0. The summed E-state index contributed by atoms with van der Waals surface area (Å²) in [6, 6.07) is 33.6. The number of hydrogen-bond acceptors (Lipinski definition) is 34. The number of halogens is 7. The third kappa shape index (κ3) is 26.0. The van der Waals surface area contributed by atoms with Crippen LogP contribution in [-0.2, 0) is 67.6 Å². The van der Waals surface area contributed by atoms with Crippen molar-refractivity contribution in [1.29, 1.82) is 0 Å². The predicted molar refractivity (Wildman–Crippen MR) is 540 cm³/mol. The SMILES string of the molecule is CC(C)=C(Cl)N(C)C.NC(=O)C1=NN(CC(=O)N2C[C@@H]3C[C@@H]3[C@H]2C(=O)Nc2cccc(-c3ccccc3Cl)c2F)C2SC(NC(=O)NCc3ccon3)=NC12.NC(=O)C1=NN(CC(=O)O)C2SC(NC(=O)NCc3ccon3)=NC12.NC(=O)C1=NN(CC(=O)ON2CC[C@H]2C(=O)Nc2cccc(-c3ccccc3Cl)c2F)C2SC(NC(=O)NCc3ccon3)=NC12.O=C(Nc1cccc(-c2ccccc2Cl)c1F)[C@@H]1CCN1. The van der Waals surface area contributed by atoms with Gasteiger partial charge < -0.3 is 87.7 Å². The van der Waals surface area contributed by atoms with Crippen molar-refractivity contribution >= 4 is 203 Å². The molecule has 45 nitrogen and oxygen atoms in total. The number of urea groups is 3. The largest absolute Gasteiger partial charge is 0.480 e. The average molecular weight is 2160 g/mol. The Hall–Kier alpha value is -15.1. The number of piperidine rings is 1. The van der Waals surface area contributed by atoms with Crippen LogP contribution in [0.15, 0.2) is 219 Å². The molecule has 19 rings (SSSR count). The Bertz CT molecular complexity index is 6790. The maximum atomic E-state index is 15.6. The van der Waals surface area contributed by atoms with E-state index < -0.39 is 142 Å². The Morgan fingerprint density at radius 1 is 0.497 bits per heavy atom. The maximum Gasteiger partial charge on any atom is 0.346 e. The monoisotopic (exact) mass is 2150 g/mol. The molecule has 147 heavy (non-hydrogen) atoms. The van der Waals surface area contributed by atoms with Crippen molar-refractivity contribution in [2.75, 3.05) is 69.3 Å². The summed E-state index contributed by atoms with van der Waals surface area (Å²) in [6.45, 7) is 4.72. The molecule has 11 atom stereocenters. The highest BCUT2D eigenvalue weighted by Crippen LogP contribution is 2.51. The quantitative estimate of drug-likeness (QED) is 0.0226. The number of carbonyl (C=O) groups excluding carboxylic acids is 11. The van der Waals surface area contributed by atoms with Gasteiger partial charge in [-0.3, -0.25) is 69.3 Å². The first-order valence-corrected chi connectivity index (χ1v) is 48.9. The van der Waals surface area contributed by atoms with Crippen LogP contribution in [0, 0.1) is 29.3 Å². The molecule has 6 aromatic carbocycles. The number of rotatable bonds is 26. The summed E-state index contributed by atoms with van der Waals surface area (Å²) in [4.78, 5) is 170. The van der Waals surface area contributed by atoms with E-state index in [4.69, 9.17) is 82.6 Å². The van der Waals surface area contributed by atoms with Gasteiger partial charge in [0.1, 0.15) is 107 Å². The number of amides is 13. The minimum Gasteiger partial charge on any atom is -0.480 e. The number of likely N-dealkylation sites (tertiary alicyclic amines) is 1. The van der Waals surface area contributed by atoms with Gasteiger partial charge in [-0.15, -0.1) is 5.06 Å². The number of aliphatic imine (C=N–C) groups is 3. The Kier molecular flexibility index (Phi) is 34.5. The van der Waals surface area contributed by atoms with Crippen molar-refractivity contribution in [2.45, 2.75) is 105 Å². The van der Waals surface area contributed by atoms with Gasteiger partial charge in [0.05, 0.1) is 42.7 Å². The van der Waals surface area contributed by atoms with Crippen LogP contribution >= 0.6 is 81.7 Å². The molecule has 0 spiro atoms. The summed E-state index contributed by atoms with van der Waals surface area (Å²) in [6.07, 6.45) is 6.06. The van der Waals surface area contributed by atoms with Crippen LogP contribution in [0.3, 0.4) is 0 Å². The smallest absolute Gasteiger partial charge is 0.346 e. The van der Waals surface area contributed by atoms with Crippen molar-refractivity contribution in [2.24, 2.45) is 59.3 Å². The number of aromatic nitrogens is 3. The number of nitrogens with two attached hydrogens (primary N) is 3. The van der Waals surface area contributed by atoms with E-state index in [2.05, 4.69) is 103 Å². The molecule has 1 aliphatic carbocycles. The fourth-order valence-electron chi connectivity index (χ4n) is 15.9. The number of carboxylic acid groups (broad SMARTS) is 1. The van der Waals surface area contributed by atoms with Gasteiger partial charge in [0.15, 0.2) is 50.1 Å². The number of hydrogen-bond donors (Lipinski definition) is 14. The zero-order valence-electron chi connectivity index (χ0n) is 77.7. The number of aliphatic carboxylic acids is 1. The third-order valence-electron chi connectivity index (χ3n) is 23.2. The van der Waals surface area contributed by atoms with Crippen LogP contribution in [-0.4, -0.2) is 260 Å². The lowest BCUT2D eigenvalue weighted by Gasteiger charge is -2.37. The van der Waals surface area contributed by atoms with E-state index in [0.29, 0.717) is 67.4 Å². The maximum absolute atomic E-state index is 15.6. The number of allylic oxidation sites excluding steroid dienone is 1. The molecule has 17 N–H and O–H groups in total. The first-order chi connectivity index (χ1) is 70.5. The average Bonchev–Trinajstić information content (AvgIpc) is 1.58. The minimum atomic E-state index is -1.11. The molecule has 4 fully saturated rings. The van der Waals surface area contributed by atoms with Gasteiger partial charge in [-0.1, -0.05) is 188 Å². The van der Waals surface area contributed by atoms with E-state index in [1.54, 1.807) is 133 Å². The Balaban J connectivity index is 0.000000150. The van der Waals surface area contributed by atoms with Gasteiger partial charge in [0, 0.05) is 93.8 Å². The van der Waals surface area contributed by atoms with Gasteiger partial charge in [-0.05, 0) is 93.5 Å². The molecule has 55 heteroatoms. The highest BCUT2D eigenvalue weighted by atomic mass is 35.5. The standard InChI is InChI=1S/C30H27ClFN9O5S.C28H25ClFN9O6S.C16H14ClFN2O.C12H13N7O5S.C6H12ClN/c31-19-6-2-1-4-16(19)17-5-3-7-20(22(17)32)35-27(44)25-18-10-14(18)12-40(25)21(42)13-41-28-24(23(38-41)26(33)43)36-30(47-28)37-29(45)34-11-15-8-9-46-39-15;29-17-6-2-1-4-15(17)16-5-3-7-18(21(16)30)33-25(42)19-8-10-39(19)45-20(40)13-38-26-23(22(36-38)24(31)41)34-28(46-26)35-27(43)32-12-14-9-11-44-37-14;17-12-6-2-1-4-10(12)11-5-3-7-13(15(11)18)20-16(21)14-8-9-19-14;13-9(22)7-8-10(19(17-7)4-6(20)21)25-12(15-8)16-11(23)14-3-5-1-2-24-18-5;1-5(2)6(7)8(3)4/h1-9,14,18,24-25,28H,10-13H2,(H2,33,43)(H,35,44)(H2,34,36,37,45);1-7,9,11,19,23,26H,8,10,12-13H2,(H2,31,41)(H,33,42)(H2,32,34,35,43);1-7,14,19H,8-9H2,(H,20,21);1-2,8,10H,3-4H2,(H2,13,22)(H,20,21)(H2,14,15,16,23);1-4H3/t14-,18-,24?,25-,28?;19-,23?,26?;14-;;/m000../s1. The second-order valence-corrected chi connectivity index (χ2v) is 38.6. The van der Waals surface area contributed by atoms with Crippen LogP contribution in [0.4, 0.5) is 44.6 Å². The van der Waals surface area contributed by atoms with Crippen LogP contribution < -0.4 is 70.4 Å². The first-order valence-electron chi connectivity index (χ1n) is 44.8. The third-order valence-corrected chi connectivity index (χ3v) is 28.4. The number of carbonyl (C=O) groups is 12. The molecule has 0 radical (unpaired) electrons. The second-order valence-electron chi connectivity index (χ2n) is 33.7. The molecule has 12 heterocycles. The van der Waals surface area contributed by atoms with Crippen molar-refractivity contribution in [3.63, 3.8) is 0 Å². The lowest BCUT2D eigenvalue weighted by Crippen LogP contribution is -2.55. The number of benzene rings is 6. The molecular weight excluding hydrogens is 2060 g/mol. The number of hydrazone groups is 3. The summed E-state index contributed by atoms with van der Waals surface area (Å²) >= 11 is 27.7. The van der Waals surface area contributed by atoms with Gasteiger partial charge in [0.2, 0.25) is 23.6 Å². The van der Waals surface area contributed by atoms with E-state index in [1.165, 1.54) is 55.9 Å². The number of amidine groups is 3. The number of nitrogens with one attached hydrogen (secondary N) is 10. The number of thioether (sulfide) groups is 3. The molecule has 3 saturated heterocycles. The molecule has 10 aliphatic rings. The first kappa shape index (κ1) is 106. The Labute approximate surface area is 865 Å². The molecule has 9 aliphatic heterocycles. The van der Waals surface area contributed by atoms with Crippen molar-refractivity contribution < 1.29 is 94.2 Å². The molecule has 768 valence electrons. The van der Waals surface area contributed by atoms with Gasteiger partial charge >= 0.3 is 30.0 Å². The number of primary amides is 3. The van der Waals surface area contributed by atoms with Crippen molar-refractivity contribution in [3.8, 4) is 33.4 Å². The van der Waals surface area contributed by atoms with E-state index in [0.717, 1.165) is 65.4 Å². The van der Waals surface area contributed by atoms with Crippen LogP contribution in [0.5, 0.6) is 0 Å². The number of nitrogens with zero attached hydrogens (tertiary/aromatic N) is 15. The normalized spacial score (nSPS) is 20.5. The lowest BCUT2D eigenvalue weighted by atomic mass is 10.0. The minimum absolute atomic E-state index is 0.0217. The highest BCUT2D eigenvalue weighted by molar-refractivity contribution is 8.15. The molecule has 3 aromatic heterocycles.